The van der Waals surface area contributed by atoms with Gasteiger partial charge in [-0.05, 0) is 18.2 Å². The number of benzene rings is 1. The Morgan fingerprint density at radius 3 is 2.38 bits per heavy atom. The Kier molecular flexibility index (Phi) is 3.56. The van der Waals surface area contributed by atoms with Crippen molar-refractivity contribution in [3.8, 4) is 0 Å². The first kappa shape index (κ1) is 13.3. The number of nitrogens with one attached hydrogen (secondary N) is 1. The summed E-state index contributed by atoms with van der Waals surface area (Å²) in [6.45, 7) is 0. The number of hydrogen-bond donors (Lipinski definition) is 2. The summed E-state index contributed by atoms with van der Waals surface area (Å²) in [7, 11) is -4.36. The van der Waals surface area contributed by atoms with Crippen LogP contribution in [0, 0.1) is 0 Å². The number of hydrogen-bond acceptors (Lipinski definition) is 4. The topological polar surface area (TPSA) is 101 Å². The molecule has 0 saturated heterocycles. The van der Waals surface area contributed by atoms with Crippen molar-refractivity contribution in [3.63, 3.8) is 0 Å². The molecule has 78 valence electrons. The Morgan fingerprint density at radius 1 is 1.19 bits per heavy atom. The van der Waals surface area contributed by atoms with Crippen molar-refractivity contribution in [1.82, 2.24) is 0 Å². The van der Waals surface area contributed by atoms with E-state index in [1.54, 1.807) is 0 Å². The van der Waals surface area contributed by atoms with Gasteiger partial charge in [-0.2, -0.15) is 8.42 Å². The third kappa shape index (κ3) is 2.18. The second-order valence-corrected chi connectivity index (χ2v) is 4.39. The molecule has 0 unspecified atom stereocenters. The SMILES string of the molecule is O=C1Nc2ccc(S(=O)(=O)O)cc2C1=O.[Na+]. The third-order valence-corrected chi connectivity index (χ3v) is 2.84. The number of ketones is 1. The molecule has 8 heteroatoms. The minimum atomic E-state index is -4.36. The van der Waals surface area contributed by atoms with Crippen LogP contribution < -0.4 is 34.9 Å². The van der Waals surface area contributed by atoms with E-state index in [1.165, 1.54) is 6.07 Å². The van der Waals surface area contributed by atoms with Gasteiger partial charge in [0.1, 0.15) is 0 Å². The van der Waals surface area contributed by atoms with Gasteiger partial charge in [0.05, 0.1) is 16.1 Å². The molecule has 0 spiro atoms. The van der Waals surface area contributed by atoms with Crippen LogP contribution in [-0.4, -0.2) is 24.7 Å². The average Bonchev–Trinajstić information content (AvgIpc) is 2.41. The van der Waals surface area contributed by atoms with Crippen molar-refractivity contribution in [1.29, 1.82) is 0 Å². The van der Waals surface area contributed by atoms with E-state index in [9.17, 15) is 18.0 Å². The van der Waals surface area contributed by atoms with Crippen LogP contribution in [0.1, 0.15) is 10.4 Å². The molecule has 0 bridgehead atoms. The summed E-state index contributed by atoms with van der Waals surface area (Å²) in [6.07, 6.45) is 0. The molecule has 0 radical (unpaired) electrons. The van der Waals surface area contributed by atoms with Crippen LogP contribution in [0.3, 0.4) is 0 Å². The summed E-state index contributed by atoms with van der Waals surface area (Å²) in [4.78, 5) is 21.7. The predicted molar refractivity (Wildman–Crippen MR) is 49.2 cm³/mol. The number of amides is 1. The Balaban J connectivity index is 0.00000128. The quantitative estimate of drug-likeness (QED) is 0.316. The van der Waals surface area contributed by atoms with Gasteiger partial charge in [-0.15, -0.1) is 0 Å². The smallest absolute Gasteiger partial charge is 0.318 e. The van der Waals surface area contributed by atoms with E-state index < -0.39 is 26.7 Å². The molecule has 1 aliphatic rings. The number of carbonyl (C=O) groups is 2. The van der Waals surface area contributed by atoms with Gasteiger partial charge < -0.3 is 5.32 Å². The maximum Gasteiger partial charge on any atom is 1.00 e. The molecule has 16 heavy (non-hydrogen) atoms. The first-order chi connectivity index (χ1) is 6.89. The molecule has 0 atom stereocenters. The van der Waals surface area contributed by atoms with Crippen LogP contribution in [-0.2, 0) is 14.9 Å². The van der Waals surface area contributed by atoms with E-state index in [0.29, 0.717) is 0 Å². The third-order valence-electron chi connectivity index (χ3n) is 1.99. The molecule has 0 aliphatic carbocycles. The fraction of sp³-hybridized carbons (Fsp3) is 0. The molecule has 2 rings (SSSR count). The summed E-state index contributed by atoms with van der Waals surface area (Å²) in [5.74, 6) is -1.62. The van der Waals surface area contributed by atoms with Crippen molar-refractivity contribution >= 4 is 27.5 Å². The van der Waals surface area contributed by atoms with Gasteiger partial charge in [0.15, 0.2) is 0 Å². The minimum Gasteiger partial charge on any atom is -0.318 e. The van der Waals surface area contributed by atoms with Gasteiger partial charge in [-0.3, -0.25) is 14.1 Å². The van der Waals surface area contributed by atoms with E-state index in [2.05, 4.69) is 5.32 Å². The van der Waals surface area contributed by atoms with Crippen molar-refractivity contribution in [3.05, 3.63) is 23.8 Å². The van der Waals surface area contributed by atoms with Gasteiger partial charge in [0.25, 0.3) is 21.8 Å². The van der Waals surface area contributed by atoms with Crippen LogP contribution in [0.4, 0.5) is 5.69 Å². The first-order valence-electron chi connectivity index (χ1n) is 3.87. The normalized spacial score (nSPS) is 14.1. The number of carbonyl (C=O) groups excluding carboxylic acids is 2. The van der Waals surface area contributed by atoms with Crippen molar-refractivity contribution in [2.45, 2.75) is 4.90 Å². The van der Waals surface area contributed by atoms with Gasteiger partial charge in [0, 0.05) is 0 Å². The van der Waals surface area contributed by atoms with Crippen LogP contribution in [0.15, 0.2) is 23.1 Å². The van der Waals surface area contributed by atoms with Gasteiger partial charge in [0.2, 0.25) is 0 Å². The summed E-state index contributed by atoms with van der Waals surface area (Å²) >= 11 is 0. The molecule has 0 saturated carbocycles. The molecule has 0 aromatic heterocycles. The van der Waals surface area contributed by atoms with E-state index in [0.717, 1.165) is 12.1 Å². The summed E-state index contributed by atoms with van der Waals surface area (Å²) in [5.41, 5.74) is 0.201. The van der Waals surface area contributed by atoms with Crippen molar-refractivity contribution in [2.75, 3.05) is 5.32 Å². The van der Waals surface area contributed by atoms with Gasteiger partial charge in [-0.1, -0.05) is 0 Å². The summed E-state index contributed by atoms with van der Waals surface area (Å²) < 4.78 is 30.2. The predicted octanol–water partition coefficient (Wildman–Crippen LogP) is -2.93. The zero-order chi connectivity index (χ0) is 11.2. The maximum absolute atomic E-state index is 11.2. The molecular formula is C8H5NNaO5S+. The standard InChI is InChI=1S/C8H5NO5S.Na/c10-7-5-3-4(15(12,13)14)1-2-6(5)9-8(7)11;/h1-3H,(H,9,10,11)(H,12,13,14);/q;+1. The molecule has 1 aliphatic heterocycles. The van der Waals surface area contributed by atoms with Gasteiger partial charge in [-0.25, -0.2) is 0 Å². The van der Waals surface area contributed by atoms with Crippen LogP contribution in [0.5, 0.6) is 0 Å². The summed E-state index contributed by atoms with van der Waals surface area (Å²) in [5, 5.41) is 2.26. The maximum atomic E-state index is 11.2. The number of fused-ring (bicyclic) bond motifs is 1. The molecule has 1 amide bonds. The van der Waals surface area contributed by atoms with Crippen molar-refractivity contribution < 1.29 is 52.1 Å². The largest absolute Gasteiger partial charge is 1.00 e. The van der Waals surface area contributed by atoms with E-state index in [4.69, 9.17) is 4.55 Å². The zero-order valence-corrected chi connectivity index (χ0v) is 11.0. The van der Waals surface area contributed by atoms with Crippen molar-refractivity contribution in [2.24, 2.45) is 0 Å². The average molecular weight is 250 g/mol. The minimum absolute atomic E-state index is 0. The molecular weight excluding hydrogens is 245 g/mol. The fourth-order valence-corrected chi connectivity index (χ4v) is 1.79. The first-order valence-corrected chi connectivity index (χ1v) is 5.31. The molecule has 6 nitrogen and oxygen atoms in total. The zero-order valence-electron chi connectivity index (χ0n) is 8.22. The molecule has 0 fully saturated rings. The summed E-state index contributed by atoms with van der Waals surface area (Å²) in [6, 6.07) is 3.32. The fourth-order valence-electron chi connectivity index (χ4n) is 1.28. The molecule has 1 aromatic rings. The van der Waals surface area contributed by atoms with E-state index in [-0.39, 0.29) is 40.8 Å². The molecule has 1 aromatic carbocycles. The monoisotopic (exact) mass is 250 g/mol. The van der Waals surface area contributed by atoms with Crippen LogP contribution in [0.2, 0.25) is 0 Å². The second kappa shape index (κ2) is 4.27. The van der Waals surface area contributed by atoms with Gasteiger partial charge >= 0.3 is 29.6 Å². The Bertz CT molecular complexity index is 580. The number of rotatable bonds is 1. The molecule has 2 N–H and O–H groups in total. The van der Waals surface area contributed by atoms with E-state index in [1.807, 2.05) is 0 Å². The Labute approximate surface area is 113 Å². The number of anilines is 1. The van der Waals surface area contributed by atoms with Crippen LogP contribution >= 0.6 is 0 Å². The second-order valence-electron chi connectivity index (χ2n) is 2.97. The van der Waals surface area contributed by atoms with Crippen LogP contribution in [0.25, 0.3) is 0 Å². The molecule has 1 heterocycles. The number of Topliss-reactive ketones (excluding diaryl/α,β-unsaturated/α-hetero) is 1. The Hall–Kier alpha value is -0.730. The Morgan fingerprint density at radius 2 is 1.81 bits per heavy atom. The van der Waals surface area contributed by atoms with E-state index >= 15 is 0 Å².